The van der Waals surface area contributed by atoms with Crippen LogP contribution in [0.25, 0.3) is 11.5 Å². The summed E-state index contributed by atoms with van der Waals surface area (Å²) in [5.41, 5.74) is 2.63. The SMILES string of the molecule is COc1c(C)nc(-c2cscn2)[nH]c1=O. The Balaban J connectivity index is 2.58. The lowest BCUT2D eigenvalue weighted by Crippen LogP contribution is -2.13. The molecule has 2 aromatic rings. The number of nitrogens with zero attached hydrogens (tertiary/aromatic N) is 2. The molecule has 0 amide bonds. The summed E-state index contributed by atoms with van der Waals surface area (Å²) in [5, 5.41) is 1.82. The van der Waals surface area contributed by atoms with Crippen LogP contribution in [0.1, 0.15) is 5.69 Å². The van der Waals surface area contributed by atoms with Crippen molar-refractivity contribution in [3.63, 3.8) is 0 Å². The molecular weight excluding hydrogens is 214 g/mol. The van der Waals surface area contributed by atoms with Gasteiger partial charge >= 0.3 is 0 Å². The van der Waals surface area contributed by atoms with E-state index in [0.717, 1.165) is 0 Å². The maximum absolute atomic E-state index is 11.5. The van der Waals surface area contributed by atoms with Crippen molar-refractivity contribution in [3.05, 3.63) is 26.9 Å². The molecule has 0 aliphatic carbocycles. The zero-order valence-corrected chi connectivity index (χ0v) is 9.09. The number of hydrogen-bond donors (Lipinski definition) is 1. The van der Waals surface area contributed by atoms with Crippen LogP contribution in [0.15, 0.2) is 15.7 Å². The highest BCUT2D eigenvalue weighted by Crippen LogP contribution is 2.16. The van der Waals surface area contributed by atoms with E-state index in [2.05, 4.69) is 15.0 Å². The standard InChI is InChI=1S/C9H9N3O2S/c1-5-7(14-2)9(13)12-8(11-5)6-3-15-4-10-6/h3-4H,1-2H3,(H,11,12,13). The fraction of sp³-hybridized carbons (Fsp3) is 0.222. The maximum Gasteiger partial charge on any atom is 0.293 e. The van der Waals surface area contributed by atoms with E-state index >= 15 is 0 Å². The molecule has 2 rings (SSSR count). The van der Waals surface area contributed by atoms with Gasteiger partial charge in [-0.3, -0.25) is 4.79 Å². The molecule has 15 heavy (non-hydrogen) atoms. The molecule has 78 valence electrons. The topological polar surface area (TPSA) is 67.9 Å². The van der Waals surface area contributed by atoms with Crippen molar-refractivity contribution in [3.8, 4) is 17.3 Å². The number of methoxy groups -OCH3 is 1. The second-order valence-corrected chi connectivity index (χ2v) is 3.63. The number of aryl methyl sites for hydroxylation is 1. The van der Waals surface area contributed by atoms with Crippen molar-refractivity contribution in [1.29, 1.82) is 0 Å². The van der Waals surface area contributed by atoms with Crippen molar-refractivity contribution in [2.75, 3.05) is 7.11 Å². The molecule has 6 heteroatoms. The molecule has 0 saturated heterocycles. The van der Waals surface area contributed by atoms with Gasteiger partial charge in [-0.25, -0.2) is 9.97 Å². The van der Waals surface area contributed by atoms with Crippen molar-refractivity contribution in [1.82, 2.24) is 15.0 Å². The highest BCUT2D eigenvalue weighted by atomic mass is 32.1. The quantitative estimate of drug-likeness (QED) is 0.831. The first kappa shape index (κ1) is 9.85. The van der Waals surface area contributed by atoms with E-state index < -0.39 is 0 Å². The number of H-pyrrole nitrogens is 1. The molecule has 0 aliphatic heterocycles. The van der Waals surface area contributed by atoms with E-state index in [0.29, 0.717) is 17.2 Å². The van der Waals surface area contributed by atoms with Crippen molar-refractivity contribution < 1.29 is 4.74 Å². The molecule has 1 N–H and O–H groups in total. The van der Waals surface area contributed by atoms with E-state index in [1.807, 2.05) is 5.38 Å². The lowest BCUT2D eigenvalue weighted by atomic mass is 10.3. The largest absolute Gasteiger partial charge is 0.490 e. The third kappa shape index (κ3) is 1.75. The minimum atomic E-state index is -0.284. The van der Waals surface area contributed by atoms with Crippen LogP contribution in [0.3, 0.4) is 0 Å². The molecule has 0 radical (unpaired) electrons. The summed E-state index contributed by atoms with van der Waals surface area (Å²) in [4.78, 5) is 22.4. The Labute approximate surface area is 89.8 Å². The Morgan fingerprint density at radius 1 is 1.53 bits per heavy atom. The summed E-state index contributed by atoms with van der Waals surface area (Å²) in [6.45, 7) is 1.73. The number of rotatable bonds is 2. The Morgan fingerprint density at radius 3 is 2.87 bits per heavy atom. The van der Waals surface area contributed by atoms with E-state index in [-0.39, 0.29) is 11.3 Å². The number of ether oxygens (including phenoxy) is 1. The summed E-state index contributed by atoms with van der Waals surface area (Å²) in [7, 11) is 1.45. The Bertz CT molecular complexity index is 519. The van der Waals surface area contributed by atoms with Crippen LogP contribution >= 0.6 is 11.3 Å². The summed E-state index contributed by atoms with van der Waals surface area (Å²) in [6, 6.07) is 0. The highest BCUT2D eigenvalue weighted by molar-refractivity contribution is 7.07. The second-order valence-electron chi connectivity index (χ2n) is 2.91. The number of hydrogen-bond acceptors (Lipinski definition) is 5. The number of aromatic nitrogens is 3. The normalized spacial score (nSPS) is 10.3. The van der Waals surface area contributed by atoms with Gasteiger partial charge in [-0.15, -0.1) is 11.3 Å². The molecule has 5 nitrogen and oxygen atoms in total. The van der Waals surface area contributed by atoms with E-state index in [1.165, 1.54) is 18.4 Å². The van der Waals surface area contributed by atoms with E-state index in [4.69, 9.17) is 4.74 Å². The fourth-order valence-corrected chi connectivity index (χ4v) is 1.80. The molecule has 0 aromatic carbocycles. The predicted octanol–water partition coefficient (Wildman–Crippen LogP) is 1.21. The average Bonchev–Trinajstić information content (AvgIpc) is 2.69. The van der Waals surface area contributed by atoms with Crippen molar-refractivity contribution in [2.24, 2.45) is 0 Å². The zero-order chi connectivity index (χ0) is 10.8. The van der Waals surface area contributed by atoms with Gasteiger partial charge in [-0.05, 0) is 6.92 Å². The lowest BCUT2D eigenvalue weighted by molar-refractivity contribution is 0.402. The Hall–Kier alpha value is -1.69. The van der Waals surface area contributed by atoms with Crippen LogP contribution in [0.5, 0.6) is 5.75 Å². The van der Waals surface area contributed by atoms with Crippen LogP contribution in [0.2, 0.25) is 0 Å². The fourth-order valence-electron chi connectivity index (χ4n) is 1.27. The molecule has 2 heterocycles. The van der Waals surface area contributed by atoms with Crippen LogP contribution in [0.4, 0.5) is 0 Å². The van der Waals surface area contributed by atoms with Crippen molar-refractivity contribution >= 4 is 11.3 Å². The van der Waals surface area contributed by atoms with E-state index in [1.54, 1.807) is 12.4 Å². The van der Waals surface area contributed by atoms with E-state index in [9.17, 15) is 4.79 Å². The molecule has 0 atom stereocenters. The van der Waals surface area contributed by atoms with Crippen molar-refractivity contribution in [2.45, 2.75) is 6.92 Å². The van der Waals surface area contributed by atoms with Crippen LogP contribution in [0, 0.1) is 6.92 Å². The Kier molecular flexibility index (Phi) is 2.51. The summed E-state index contributed by atoms with van der Waals surface area (Å²) < 4.78 is 4.92. The Morgan fingerprint density at radius 2 is 2.33 bits per heavy atom. The first-order valence-corrected chi connectivity index (χ1v) is 5.20. The minimum absolute atomic E-state index is 0.244. The molecule has 0 fully saturated rings. The minimum Gasteiger partial charge on any atom is -0.490 e. The first-order valence-electron chi connectivity index (χ1n) is 4.26. The molecular formula is C9H9N3O2S. The van der Waals surface area contributed by atoms with Crippen LogP contribution in [-0.2, 0) is 0 Å². The van der Waals surface area contributed by atoms with Gasteiger partial charge in [0.25, 0.3) is 5.56 Å². The van der Waals surface area contributed by atoms with Crippen LogP contribution < -0.4 is 10.3 Å². The zero-order valence-electron chi connectivity index (χ0n) is 8.27. The average molecular weight is 223 g/mol. The van der Waals surface area contributed by atoms with Gasteiger partial charge in [0.05, 0.1) is 18.3 Å². The van der Waals surface area contributed by atoms with Gasteiger partial charge in [0.15, 0.2) is 5.82 Å². The molecule has 0 unspecified atom stereocenters. The maximum atomic E-state index is 11.5. The summed E-state index contributed by atoms with van der Waals surface area (Å²) in [6.07, 6.45) is 0. The lowest BCUT2D eigenvalue weighted by Gasteiger charge is -2.03. The third-order valence-corrected chi connectivity index (χ3v) is 2.51. The van der Waals surface area contributed by atoms with Gasteiger partial charge in [0.2, 0.25) is 5.75 Å². The molecule has 0 spiro atoms. The number of thiazole rings is 1. The third-order valence-electron chi connectivity index (χ3n) is 1.93. The number of aromatic amines is 1. The predicted molar refractivity (Wildman–Crippen MR) is 57.3 cm³/mol. The molecule has 2 aromatic heterocycles. The van der Waals surface area contributed by atoms with Gasteiger partial charge in [-0.1, -0.05) is 0 Å². The summed E-state index contributed by atoms with van der Waals surface area (Å²) >= 11 is 1.45. The van der Waals surface area contributed by atoms with Gasteiger partial charge in [-0.2, -0.15) is 0 Å². The first-order chi connectivity index (χ1) is 7.22. The smallest absolute Gasteiger partial charge is 0.293 e. The summed E-state index contributed by atoms with van der Waals surface area (Å²) in [5.74, 6) is 0.716. The van der Waals surface area contributed by atoms with Gasteiger partial charge < -0.3 is 9.72 Å². The van der Waals surface area contributed by atoms with Gasteiger partial charge in [0.1, 0.15) is 5.69 Å². The highest BCUT2D eigenvalue weighted by Gasteiger charge is 2.10. The van der Waals surface area contributed by atoms with Crippen LogP contribution in [-0.4, -0.2) is 22.1 Å². The second kappa shape index (κ2) is 3.82. The monoisotopic (exact) mass is 223 g/mol. The molecule has 0 saturated carbocycles. The molecule has 0 aliphatic rings. The molecule has 0 bridgehead atoms. The number of nitrogens with one attached hydrogen (secondary N) is 1. The van der Waals surface area contributed by atoms with Gasteiger partial charge in [0, 0.05) is 5.38 Å².